The molecule has 0 amide bonds. The lowest BCUT2D eigenvalue weighted by atomic mass is 9.86. The van der Waals surface area contributed by atoms with Crippen LogP contribution in [0.15, 0.2) is 78.9 Å². The molecule has 5 rings (SSSR count). The highest BCUT2D eigenvalue weighted by Gasteiger charge is 2.23. The van der Waals surface area contributed by atoms with E-state index >= 15 is 0 Å². The van der Waals surface area contributed by atoms with E-state index in [4.69, 9.17) is 0 Å². The maximum atomic E-state index is 13.8. The lowest BCUT2D eigenvalue weighted by Crippen LogP contribution is -2.14. The summed E-state index contributed by atoms with van der Waals surface area (Å²) in [5.74, 6) is -0.0986. The minimum Gasteiger partial charge on any atom is -0.341 e. The standard InChI is InChI=1S/C31H27NO2/c1-5-32-26-14-10-9-13-24(26)25-18-23(15-16-27(25)32)31(34)29-20(3)17-19(2)28(21(29)4)30(33)22-11-7-6-8-12-22/h6-18H,5H2,1-4H3. The van der Waals surface area contributed by atoms with Crippen LogP contribution in [-0.4, -0.2) is 16.1 Å². The van der Waals surface area contributed by atoms with Crippen molar-refractivity contribution < 1.29 is 9.59 Å². The van der Waals surface area contributed by atoms with E-state index in [0.717, 1.165) is 39.5 Å². The van der Waals surface area contributed by atoms with Crippen LogP contribution in [0, 0.1) is 20.8 Å². The minimum atomic E-state index is -0.0499. The average molecular weight is 446 g/mol. The van der Waals surface area contributed by atoms with Gasteiger partial charge < -0.3 is 4.57 Å². The Labute approximate surface area is 199 Å². The van der Waals surface area contributed by atoms with Gasteiger partial charge in [-0.2, -0.15) is 0 Å². The first-order chi connectivity index (χ1) is 16.4. The summed E-state index contributed by atoms with van der Waals surface area (Å²) in [6.45, 7) is 8.78. The average Bonchev–Trinajstić information content (AvgIpc) is 3.17. The second kappa shape index (κ2) is 8.42. The Morgan fingerprint density at radius 2 is 1.24 bits per heavy atom. The second-order valence-corrected chi connectivity index (χ2v) is 8.90. The number of rotatable bonds is 5. The van der Waals surface area contributed by atoms with Crippen molar-refractivity contribution in [2.24, 2.45) is 0 Å². The quantitative estimate of drug-likeness (QED) is 0.268. The fraction of sp³-hybridized carbons (Fsp3) is 0.161. The number of hydrogen-bond donors (Lipinski definition) is 0. The number of carbonyl (C=O) groups excluding carboxylic acids is 2. The van der Waals surface area contributed by atoms with Gasteiger partial charge in [0.2, 0.25) is 0 Å². The Morgan fingerprint density at radius 3 is 1.91 bits per heavy atom. The van der Waals surface area contributed by atoms with Gasteiger partial charge in [0.1, 0.15) is 0 Å². The van der Waals surface area contributed by atoms with E-state index in [-0.39, 0.29) is 11.6 Å². The summed E-state index contributed by atoms with van der Waals surface area (Å²) in [4.78, 5) is 27.2. The molecule has 0 saturated heterocycles. The number of aryl methyl sites for hydroxylation is 3. The Hall–Kier alpha value is -3.98. The molecule has 34 heavy (non-hydrogen) atoms. The molecule has 0 saturated carbocycles. The molecule has 0 aliphatic heterocycles. The van der Waals surface area contributed by atoms with Gasteiger partial charge in [-0.05, 0) is 68.7 Å². The minimum absolute atomic E-state index is 0.0488. The van der Waals surface area contributed by atoms with E-state index in [9.17, 15) is 9.59 Å². The summed E-state index contributed by atoms with van der Waals surface area (Å²) in [5, 5.41) is 2.22. The van der Waals surface area contributed by atoms with E-state index < -0.39 is 0 Å². The molecule has 0 unspecified atom stereocenters. The Balaban J connectivity index is 1.67. The molecular weight excluding hydrogens is 418 g/mol. The molecule has 168 valence electrons. The highest BCUT2D eigenvalue weighted by atomic mass is 16.1. The van der Waals surface area contributed by atoms with Crippen molar-refractivity contribution in [1.29, 1.82) is 0 Å². The molecule has 0 bridgehead atoms. The van der Waals surface area contributed by atoms with Crippen LogP contribution in [0.5, 0.6) is 0 Å². The molecule has 3 nitrogen and oxygen atoms in total. The molecule has 4 aromatic carbocycles. The molecule has 0 atom stereocenters. The molecule has 5 aromatic rings. The first-order valence-electron chi connectivity index (χ1n) is 11.7. The summed E-state index contributed by atoms with van der Waals surface area (Å²) < 4.78 is 2.28. The number of ketones is 2. The molecule has 0 N–H and O–H groups in total. The van der Waals surface area contributed by atoms with Crippen LogP contribution in [0.2, 0.25) is 0 Å². The van der Waals surface area contributed by atoms with Crippen LogP contribution in [0.3, 0.4) is 0 Å². The Bertz CT molecular complexity index is 1590. The van der Waals surface area contributed by atoms with Gasteiger partial charge in [-0.3, -0.25) is 9.59 Å². The molecule has 0 spiro atoms. The highest BCUT2D eigenvalue weighted by molar-refractivity contribution is 6.18. The van der Waals surface area contributed by atoms with Gasteiger partial charge >= 0.3 is 0 Å². The smallest absolute Gasteiger partial charge is 0.193 e. The zero-order valence-corrected chi connectivity index (χ0v) is 20.0. The molecule has 1 aromatic heterocycles. The lowest BCUT2D eigenvalue weighted by molar-refractivity contribution is 0.103. The van der Waals surface area contributed by atoms with Crippen molar-refractivity contribution in [3.05, 3.63) is 118 Å². The second-order valence-electron chi connectivity index (χ2n) is 8.90. The molecule has 0 aliphatic rings. The summed E-state index contributed by atoms with van der Waals surface area (Å²) >= 11 is 0. The van der Waals surface area contributed by atoms with Gasteiger partial charge in [0.15, 0.2) is 11.6 Å². The molecule has 3 heteroatoms. The SMILES string of the molecule is CCn1c2ccccc2c2cc(C(=O)c3c(C)cc(C)c(C(=O)c4ccccc4)c3C)ccc21. The molecule has 0 radical (unpaired) electrons. The van der Waals surface area contributed by atoms with Crippen molar-refractivity contribution in [3.8, 4) is 0 Å². The van der Waals surface area contributed by atoms with E-state index in [0.29, 0.717) is 22.3 Å². The number of nitrogens with zero attached hydrogens (tertiary/aromatic N) is 1. The van der Waals surface area contributed by atoms with E-state index in [1.54, 1.807) is 0 Å². The molecule has 1 heterocycles. The van der Waals surface area contributed by atoms with Crippen molar-refractivity contribution in [3.63, 3.8) is 0 Å². The van der Waals surface area contributed by atoms with Crippen LogP contribution < -0.4 is 0 Å². The molecular formula is C31H27NO2. The lowest BCUT2D eigenvalue weighted by Gasteiger charge is -2.16. The fourth-order valence-corrected chi connectivity index (χ4v) is 5.30. The predicted octanol–water partition coefficient (Wildman–Crippen LogP) is 7.20. The third-order valence-electron chi connectivity index (χ3n) is 6.81. The fourth-order valence-electron chi connectivity index (χ4n) is 5.30. The van der Waals surface area contributed by atoms with Crippen molar-refractivity contribution in [2.75, 3.05) is 0 Å². The van der Waals surface area contributed by atoms with E-state index in [1.165, 1.54) is 5.52 Å². The maximum absolute atomic E-state index is 13.8. The zero-order valence-electron chi connectivity index (χ0n) is 20.0. The maximum Gasteiger partial charge on any atom is 0.193 e. The van der Waals surface area contributed by atoms with E-state index in [1.807, 2.05) is 87.5 Å². The van der Waals surface area contributed by atoms with Gasteiger partial charge in [-0.25, -0.2) is 0 Å². The molecule has 0 aliphatic carbocycles. The summed E-state index contributed by atoms with van der Waals surface area (Å²) in [6.07, 6.45) is 0. The monoisotopic (exact) mass is 445 g/mol. The largest absolute Gasteiger partial charge is 0.341 e. The summed E-state index contributed by atoms with van der Waals surface area (Å²) in [7, 11) is 0. The van der Waals surface area contributed by atoms with Gasteiger partial charge in [0, 0.05) is 50.6 Å². The van der Waals surface area contributed by atoms with Crippen molar-refractivity contribution in [1.82, 2.24) is 4.57 Å². The van der Waals surface area contributed by atoms with Crippen molar-refractivity contribution in [2.45, 2.75) is 34.2 Å². The third-order valence-corrected chi connectivity index (χ3v) is 6.81. The summed E-state index contributed by atoms with van der Waals surface area (Å²) in [5.41, 5.74) is 7.31. The first-order valence-corrected chi connectivity index (χ1v) is 11.7. The first kappa shape index (κ1) is 21.8. The van der Waals surface area contributed by atoms with Crippen LogP contribution in [-0.2, 0) is 6.54 Å². The predicted molar refractivity (Wildman–Crippen MR) is 139 cm³/mol. The van der Waals surface area contributed by atoms with E-state index in [2.05, 4.69) is 23.6 Å². The number of para-hydroxylation sites is 1. The normalized spacial score (nSPS) is 11.3. The number of carbonyl (C=O) groups is 2. The van der Waals surface area contributed by atoms with Gasteiger partial charge in [-0.15, -0.1) is 0 Å². The van der Waals surface area contributed by atoms with Crippen LogP contribution in [0.25, 0.3) is 21.8 Å². The Morgan fingerprint density at radius 1 is 0.647 bits per heavy atom. The highest BCUT2D eigenvalue weighted by Crippen LogP contribution is 2.32. The Kier molecular flexibility index (Phi) is 5.41. The summed E-state index contributed by atoms with van der Waals surface area (Å²) in [6, 6.07) is 25.5. The zero-order chi connectivity index (χ0) is 24.0. The van der Waals surface area contributed by atoms with Crippen LogP contribution >= 0.6 is 0 Å². The van der Waals surface area contributed by atoms with Crippen LogP contribution in [0.1, 0.15) is 55.5 Å². The third kappa shape index (κ3) is 3.36. The number of fused-ring (bicyclic) bond motifs is 3. The van der Waals surface area contributed by atoms with Crippen LogP contribution in [0.4, 0.5) is 0 Å². The molecule has 0 fully saturated rings. The van der Waals surface area contributed by atoms with Gasteiger partial charge in [-0.1, -0.05) is 54.6 Å². The van der Waals surface area contributed by atoms with Gasteiger partial charge in [0.25, 0.3) is 0 Å². The topological polar surface area (TPSA) is 39.1 Å². The van der Waals surface area contributed by atoms with Gasteiger partial charge in [0.05, 0.1) is 0 Å². The number of hydrogen-bond acceptors (Lipinski definition) is 2. The number of benzene rings is 4. The number of aromatic nitrogens is 1. The van der Waals surface area contributed by atoms with Crippen molar-refractivity contribution >= 4 is 33.4 Å².